The van der Waals surface area contributed by atoms with Crippen LogP contribution in [0.15, 0.2) is 42.5 Å². The molecule has 0 spiro atoms. The number of aryl methyl sites for hydroxylation is 1. The van der Waals surface area contributed by atoms with E-state index in [1.807, 2.05) is 30.4 Å². The summed E-state index contributed by atoms with van der Waals surface area (Å²) in [5.74, 6) is 0. The second-order valence-corrected chi connectivity index (χ2v) is 8.97. The zero-order valence-electron chi connectivity index (χ0n) is 21.0. The average Bonchev–Trinajstić information content (AvgIpc) is 3.62. The fraction of sp³-hybridized carbons (Fsp3) is 0.333. The first kappa shape index (κ1) is 26.9. The molecule has 5 heteroatoms. The molecule has 3 aromatic rings. The first-order valence-corrected chi connectivity index (χ1v) is 12.7. The summed E-state index contributed by atoms with van der Waals surface area (Å²) >= 11 is 0. The topological polar surface area (TPSA) is 57.4 Å². The van der Waals surface area contributed by atoms with Gasteiger partial charge in [0.2, 0.25) is 0 Å². The maximum atomic E-state index is 4.70. The van der Waals surface area contributed by atoms with Crippen LogP contribution in [0.1, 0.15) is 87.6 Å². The van der Waals surface area contributed by atoms with Gasteiger partial charge in [-0.15, -0.1) is 0 Å². The summed E-state index contributed by atoms with van der Waals surface area (Å²) in [6.07, 6.45) is 17.6. The Morgan fingerprint density at radius 3 is 1.69 bits per heavy atom. The predicted molar refractivity (Wildman–Crippen MR) is 147 cm³/mol. The molecule has 186 valence electrons. The summed E-state index contributed by atoms with van der Waals surface area (Å²) in [4.78, 5) is 16.3. The van der Waals surface area contributed by atoms with Crippen molar-refractivity contribution in [3.05, 3.63) is 70.8 Å². The number of rotatable bonds is 6. The third-order valence-electron chi connectivity index (χ3n) is 6.09. The minimum atomic E-state index is 0. The monoisotopic (exact) mass is 647 g/mol. The first-order chi connectivity index (χ1) is 16.7. The summed E-state index contributed by atoms with van der Waals surface area (Å²) in [6.45, 7) is 6.68. The summed E-state index contributed by atoms with van der Waals surface area (Å²) in [6, 6.07) is 14.7. The normalized spacial score (nSPS) is 11.6. The van der Waals surface area contributed by atoms with E-state index in [1.54, 1.807) is 0 Å². The van der Waals surface area contributed by atoms with Crippen molar-refractivity contribution in [2.75, 3.05) is 0 Å². The first-order valence-electron chi connectivity index (χ1n) is 12.7. The van der Waals surface area contributed by atoms with Gasteiger partial charge in [0.05, 0.1) is 22.8 Å². The van der Waals surface area contributed by atoms with Crippen LogP contribution in [0.5, 0.6) is 0 Å². The van der Waals surface area contributed by atoms with E-state index in [2.05, 4.69) is 72.1 Å². The number of nitrogens with zero attached hydrogens (tertiary/aromatic N) is 2. The minimum Gasteiger partial charge on any atom is -0.355 e. The standard InChI is InChI=1S/C22H18N4.C8H18.Pt/c1-2-14-9-21-12-19-6-5-17(24-19)10-15-3-4-16(23-15)11-18-7-8-20(25-18)13-22(14)26-21;1-3-5-7-8-6-4-2;/h3-13,24,26H,2H2,1H3;3-8H2,1-2H3;. The second-order valence-electron chi connectivity index (χ2n) is 8.97. The molecule has 0 fully saturated rings. The van der Waals surface area contributed by atoms with Crippen molar-refractivity contribution in [1.29, 1.82) is 0 Å². The molecule has 0 saturated carbocycles. The molecule has 0 aromatic carbocycles. The van der Waals surface area contributed by atoms with Gasteiger partial charge in [0.25, 0.3) is 0 Å². The van der Waals surface area contributed by atoms with E-state index in [0.29, 0.717) is 0 Å². The molecule has 8 bridgehead atoms. The third-order valence-corrected chi connectivity index (χ3v) is 6.09. The summed E-state index contributed by atoms with van der Waals surface area (Å²) in [5.41, 5.74) is 9.31. The molecule has 4 nitrogen and oxygen atoms in total. The van der Waals surface area contributed by atoms with E-state index >= 15 is 0 Å². The molecular formula is C30H36N4Pt. The van der Waals surface area contributed by atoms with Crippen LogP contribution in [-0.4, -0.2) is 19.9 Å². The van der Waals surface area contributed by atoms with Gasteiger partial charge < -0.3 is 9.97 Å². The van der Waals surface area contributed by atoms with Crippen LogP contribution >= 0.6 is 0 Å². The Labute approximate surface area is 223 Å². The summed E-state index contributed by atoms with van der Waals surface area (Å²) in [7, 11) is 0. The molecule has 3 aromatic heterocycles. The Hall–Kier alpha value is -2.71. The van der Waals surface area contributed by atoms with Crippen LogP contribution in [0, 0.1) is 0 Å². The van der Waals surface area contributed by atoms with Crippen molar-refractivity contribution < 1.29 is 21.1 Å². The van der Waals surface area contributed by atoms with Crippen LogP contribution in [0.4, 0.5) is 0 Å². The van der Waals surface area contributed by atoms with Gasteiger partial charge in [0.1, 0.15) is 0 Å². The molecule has 2 N–H and O–H groups in total. The Balaban J connectivity index is 0.000000332. The van der Waals surface area contributed by atoms with Crippen LogP contribution in [0.25, 0.3) is 46.4 Å². The van der Waals surface area contributed by atoms with Gasteiger partial charge in [-0.05, 0) is 78.8 Å². The molecule has 2 aliphatic heterocycles. The van der Waals surface area contributed by atoms with Gasteiger partial charge >= 0.3 is 0 Å². The maximum absolute atomic E-state index is 4.70. The fourth-order valence-corrected chi connectivity index (χ4v) is 4.22. The number of aromatic nitrogens is 4. The van der Waals surface area contributed by atoms with Crippen LogP contribution in [0.2, 0.25) is 0 Å². The van der Waals surface area contributed by atoms with Gasteiger partial charge in [-0.1, -0.05) is 59.3 Å². The van der Waals surface area contributed by atoms with E-state index in [-0.39, 0.29) is 21.1 Å². The number of aromatic amines is 2. The van der Waals surface area contributed by atoms with E-state index in [4.69, 9.17) is 4.98 Å². The van der Waals surface area contributed by atoms with Crippen LogP contribution < -0.4 is 0 Å². The molecule has 5 heterocycles. The van der Waals surface area contributed by atoms with E-state index in [9.17, 15) is 0 Å². The molecule has 0 atom stereocenters. The molecule has 35 heavy (non-hydrogen) atoms. The average molecular weight is 648 g/mol. The van der Waals surface area contributed by atoms with E-state index < -0.39 is 0 Å². The Bertz CT molecular complexity index is 1320. The number of H-pyrrole nitrogens is 2. The van der Waals surface area contributed by atoms with E-state index in [0.717, 1.165) is 51.3 Å². The molecule has 5 rings (SSSR count). The van der Waals surface area contributed by atoms with Gasteiger partial charge in [-0.25, -0.2) is 9.97 Å². The zero-order chi connectivity index (χ0) is 23.8. The molecule has 0 aliphatic carbocycles. The number of unbranched alkanes of at least 4 members (excludes halogenated alkanes) is 5. The molecule has 0 amide bonds. The molecular weight excluding hydrogens is 611 g/mol. The van der Waals surface area contributed by atoms with Crippen LogP contribution in [-0.2, 0) is 27.5 Å². The van der Waals surface area contributed by atoms with Gasteiger partial charge in [0.15, 0.2) is 0 Å². The van der Waals surface area contributed by atoms with Gasteiger partial charge in [-0.2, -0.15) is 0 Å². The van der Waals surface area contributed by atoms with Crippen molar-refractivity contribution in [1.82, 2.24) is 19.9 Å². The van der Waals surface area contributed by atoms with Crippen molar-refractivity contribution in [3.63, 3.8) is 0 Å². The van der Waals surface area contributed by atoms with Gasteiger partial charge in [-0.3, -0.25) is 0 Å². The Morgan fingerprint density at radius 2 is 1.11 bits per heavy atom. The molecule has 2 aliphatic rings. The largest absolute Gasteiger partial charge is 0.355 e. The SMILES string of the molecule is CCCCCCCC.CCc1cc2cc3ccc(cc4nc(cc5nc(cc1[nH]2)C=C5)C=C4)[nH]3.[Pt]. The predicted octanol–water partition coefficient (Wildman–Crippen LogP) is 8.58. The van der Waals surface area contributed by atoms with Gasteiger partial charge in [0, 0.05) is 43.1 Å². The Morgan fingerprint density at radius 1 is 0.571 bits per heavy atom. The molecule has 0 saturated heterocycles. The quantitative estimate of drug-likeness (QED) is 0.182. The minimum absolute atomic E-state index is 0. The zero-order valence-corrected chi connectivity index (χ0v) is 23.3. The van der Waals surface area contributed by atoms with Crippen molar-refractivity contribution >= 4 is 46.4 Å². The van der Waals surface area contributed by atoms with Crippen LogP contribution in [0.3, 0.4) is 0 Å². The van der Waals surface area contributed by atoms with Crippen molar-refractivity contribution in [3.8, 4) is 0 Å². The Kier molecular flexibility index (Phi) is 10.3. The third kappa shape index (κ3) is 7.64. The number of fused-ring (bicyclic) bond motifs is 8. The fourth-order valence-electron chi connectivity index (χ4n) is 4.22. The molecule has 0 unspecified atom stereocenters. The molecule has 0 radical (unpaired) electrons. The number of nitrogens with one attached hydrogen (secondary N) is 2. The number of hydrogen-bond acceptors (Lipinski definition) is 2. The van der Waals surface area contributed by atoms with Crippen molar-refractivity contribution in [2.45, 2.75) is 65.7 Å². The maximum Gasteiger partial charge on any atom is 0.0659 e. The second kappa shape index (κ2) is 13.4. The summed E-state index contributed by atoms with van der Waals surface area (Å²) < 4.78 is 0. The number of hydrogen-bond donors (Lipinski definition) is 2. The summed E-state index contributed by atoms with van der Waals surface area (Å²) in [5, 5.41) is 0. The smallest absolute Gasteiger partial charge is 0.0659 e. The van der Waals surface area contributed by atoms with Crippen molar-refractivity contribution in [2.24, 2.45) is 0 Å². The van der Waals surface area contributed by atoms with E-state index in [1.165, 1.54) is 44.1 Å².